The Hall–Kier alpha value is -0.190. The fraction of sp³-hybridized carbons (Fsp3) is 0.600. The summed E-state index contributed by atoms with van der Waals surface area (Å²) in [6.45, 7) is 3.12. The van der Waals surface area contributed by atoms with Crippen molar-refractivity contribution in [1.29, 1.82) is 0 Å². The maximum atomic E-state index is 3.01. The second-order valence-electron chi connectivity index (χ2n) is 2.43. The topological polar surface area (TPSA) is 3.24 Å². The van der Waals surface area contributed by atoms with E-state index < -0.39 is 0 Å². The molecular formula is C10H14IN. The van der Waals surface area contributed by atoms with Crippen molar-refractivity contribution in [2.75, 3.05) is 13.6 Å². The lowest BCUT2D eigenvalue weighted by molar-refractivity contribution is 0.624. The van der Waals surface area contributed by atoms with Crippen LogP contribution in [0.1, 0.15) is 26.2 Å². The molecule has 0 spiro atoms. The normalized spacial score (nSPS) is 8.33. The minimum atomic E-state index is 0.903. The van der Waals surface area contributed by atoms with E-state index in [-0.39, 0.29) is 0 Å². The van der Waals surface area contributed by atoms with Crippen LogP contribution in [0.5, 0.6) is 0 Å². The van der Waals surface area contributed by atoms with Crippen LogP contribution in [0.15, 0.2) is 0 Å². The van der Waals surface area contributed by atoms with E-state index in [0.29, 0.717) is 0 Å². The fourth-order valence-corrected chi connectivity index (χ4v) is 0.790. The second-order valence-corrected chi connectivity index (χ2v) is 4.08. The summed E-state index contributed by atoms with van der Waals surface area (Å²) in [5.74, 6) is 11.7. The molecule has 2 heteroatoms. The van der Waals surface area contributed by atoms with Crippen LogP contribution in [0.2, 0.25) is 0 Å². The van der Waals surface area contributed by atoms with Crippen LogP contribution in [0.3, 0.4) is 0 Å². The third-order valence-electron chi connectivity index (χ3n) is 1.16. The van der Waals surface area contributed by atoms with Crippen molar-refractivity contribution >= 4 is 22.9 Å². The van der Waals surface area contributed by atoms with Gasteiger partial charge >= 0.3 is 0 Å². The molecule has 0 aromatic heterocycles. The van der Waals surface area contributed by atoms with E-state index in [1.165, 1.54) is 0 Å². The predicted octanol–water partition coefficient (Wildman–Crippen LogP) is 2.47. The Bertz CT molecular complexity index is 211. The van der Waals surface area contributed by atoms with Crippen molar-refractivity contribution in [1.82, 2.24) is 3.11 Å². The molecular weight excluding hydrogens is 261 g/mol. The molecule has 0 saturated heterocycles. The van der Waals surface area contributed by atoms with E-state index in [1.54, 1.807) is 0 Å². The molecule has 0 fully saturated rings. The Morgan fingerprint density at radius 2 is 1.75 bits per heavy atom. The van der Waals surface area contributed by atoms with Crippen LogP contribution in [-0.4, -0.2) is 16.7 Å². The highest BCUT2D eigenvalue weighted by Crippen LogP contribution is 1.92. The zero-order valence-corrected chi connectivity index (χ0v) is 9.81. The van der Waals surface area contributed by atoms with Gasteiger partial charge in [-0.3, -0.25) is 0 Å². The first-order valence-corrected chi connectivity index (χ1v) is 5.06. The number of hydrogen-bond donors (Lipinski definition) is 0. The van der Waals surface area contributed by atoms with Gasteiger partial charge in [-0.05, 0) is 25.3 Å². The van der Waals surface area contributed by atoms with Crippen LogP contribution in [0, 0.1) is 23.7 Å². The third kappa shape index (κ3) is 9.81. The highest BCUT2D eigenvalue weighted by atomic mass is 127. The molecule has 0 saturated carbocycles. The molecule has 0 N–H and O–H groups in total. The van der Waals surface area contributed by atoms with E-state index in [4.69, 9.17) is 0 Å². The van der Waals surface area contributed by atoms with Crippen molar-refractivity contribution < 1.29 is 0 Å². The minimum Gasteiger partial charge on any atom is -0.250 e. The zero-order valence-electron chi connectivity index (χ0n) is 7.65. The standard InChI is InChI=1S/C10H14IN/c1-3-4-5-6-7-8-9-10-12(2)11/h3-4,9-10H2,1-2H3. The van der Waals surface area contributed by atoms with Crippen molar-refractivity contribution in [3.8, 4) is 23.7 Å². The summed E-state index contributed by atoms with van der Waals surface area (Å²) in [6.07, 6.45) is 2.98. The van der Waals surface area contributed by atoms with Crippen molar-refractivity contribution in [2.24, 2.45) is 0 Å². The van der Waals surface area contributed by atoms with E-state index >= 15 is 0 Å². The number of rotatable bonds is 3. The highest BCUT2D eigenvalue weighted by Gasteiger charge is 1.85. The van der Waals surface area contributed by atoms with Crippen LogP contribution >= 0.6 is 22.9 Å². The average molecular weight is 275 g/mol. The van der Waals surface area contributed by atoms with Crippen LogP contribution in [0.4, 0.5) is 0 Å². The summed E-state index contributed by atoms with van der Waals surface area (Å²) in [5, 5.41) is 0. The molecule has 0 aliphatic carbocycles. The average Bonchev–Trinajstić information content (AvgIpc) is 2.02. The maximum Gasteiger partial charge on any atom is 0.0235 e. The molecule has 1 nitrogen and oxygen atoms in total. The lowest BCUT2D eigenvalue weighted by Crippen LogP contribution is -2.03. The zero-order chi connectivity index (χ0) is 9.23. The molecule has 0 aromatic carbocycles. The van der Waals surface area contributed by atoms with Crippen LogP contribution < -0.4 is 0 Å². The molecule has 0 rings (SSSR count). The minimum absolute atomic E-state index is 0.903. The van der Waals surface area contributed by atoms with E-state index in [2.05, 4.69) is 56.6 Å². The van der Waals surface area contributed by atoms with Gasteiger partial charge in [0.25, 0.3) is 0 Å². The summed E-state index contributed by atoms with van der Waals surface area (Å²) in [6, 6.07) is 0. The fourth-order valence-electron chi connectivity index (χ4n) is 0.548. The Morgan fingerprint density at radius 3 is 2.25 bits per heavy atom. The molecule has 0 unspecified atom stereocenters. The summed E-state index contributed by atoms with van der Waals surface area (Å²) in [7, 11) is 2.03. The molecule has 12 heavy (non-hydrogen) atoms. The quantitative estimate of drug-likeness (QED) is 0.434. The molecule has 0 bridgehead atoms. The van der Waals surface area contributed by atoms with Gasteiger partial charge in [0.2, 0.25) is 0 Å². The van der Waals surface area contributed by atoms with Crippen LogP contribution in [0.25, 0.3) is 0 Å². The molecule has 0 amide bonds. The molecule has 0 aromatic rings. The van der Waals surface area contributed by atoms with Gasteiger partial charge in [0.05, 0.1) is 0 Å². The van der Waals surface area contributed by atoms with Crippen LogP contribution in [-0.2, 0) is 0 Å². The molecule has 66 valence electrons. The summed E-state index contributed by atoms with van der Waals surface area (Å²) >= 11 is 2.25. The Morgan fingerprint density at radius 1 is 1.17 bits per heavy atom. The van der Waals surface area contributed by atoms with E-state index in [0.717, 1.165) is 25.8 Å². The first-order chi connectivity index (χ1) is 5.77. The van der Waals surface area contributed by atoms with Gasteiger partial charge in [-0.2, -0.15) is 0 Å². The first kappa shape index (κ1) is 11.8. The lowest BCUT2D eigenvalue weighted by atomic mass is 10.3. The molecule has 0 aliphatic heterocycles. The molecule has 0 aliphatic rings. The molecule has 0 radical (unpaired) electrons. The van der Waals surface area contributed by atoms with Crippen molar-refractivity contribution in [2.45, 2.75) is 26.2 Å². The van der Waals surface area contributed by atoms with Gasteiger partial charge in [-0.1, -0.05) is 18.8 Å². The number of unbranched alkanes of at least 4 members (excludes halogenated alkanes) is 1. The van der Waals surface area contributed by atoms with Gasteiger partial charge in [0.1, 0.15) is 0 Å². The van der Waals surface area contributed by atoms with Gasteiger partial charge in [0, 0.05) is 42.3 Å². The third-order valence-corrected chi connectivity index (χ3v) is 1.64. The summed E-state index contributed by atoms with van der Waals surface area (Å²) in [5.41, 5.74) is 0. The second kappa shape index (κ2) is 8.90. The van der Waals surface area contributed by atoms with Gasteiger partial charge in [-0.15, -0.1) is 0 Å². The SMILES string of the molecule is CCCC#CC#CCCN(C)I. The maximum absolute atomic E-state index is 3.01. The summed E-state index contributed by atoms with van der Waals surface area (Å²) in [4.78, 5) is 0. The smallest absolute Gasteiger partial charge is 0.0235 e. The number of hydrogen-bond acceptors (Lipinski definition) is 1. The number of halogens is 1. The molecule has 0 heterocycles. The van der Waals surface area contributed by atoms with Gasteiger partial charge in [0.15, 0.2) is 0 Å². The Labute approximate surface area is 89.4 Å². The predicted molar refractivity (Wildman–Crippen MR) is 61.7 cm³/mol. The van der Waals surface area contributed by atoms with Crippen molar-refractivity contribution in [3.05, 3.63) is 0 Å². The lowest BCUT2D eigenvalue weighted by Gasteiger charge is -2.00. The Balaban J connectivity index is 3.42. The Kier molecular flexibility index (Phi) is 8.76. The number of nitrogens with zero attached hydrogens (tertiary/aromatic N) is 1. The van der Waals surface area contributed by atoms with Gasteiger partial charge in [-0.25, -0.2) is 3.11 Å². The highest BCUT2D eigenvalue weighted by molar-refractivity contribution is 14.1. The van der Waals surface area contributed by atoms with Crippen molar-refractivity contribution in [3.63, 3.8) is 0 Å². The molecule has 0 atom stereocenters. The monoisotopic (exact) mass is 275 g/mol. The summed E-state index contributed by atoms with van der Waals surface area (Å²) < 4.78 is 2.09. The first-order valence-electron chi connectivity index (χ1n) is 4.10. The largest absolute Gasteiger partial charge is 0.250 e. The van der Waals surface area contributed by atoms with Gasteiger partial charge < -0.3 is 0 Å². The van der Waals surface area contributed by atoms with E-state index in [1.807, 2.05) is 7.05 Å². The van der Waals surface area contributed by atoms with E-state index in [9.17, 15) is 0 Å².